The van der Waals surface area contributed by atoms with Crippen LogP contribution in [-0.4, -0.2) is 46.1 Å². The summed E-state index contributed by atoms with van der Waals surface area (Å²) < 4.78 is 1.67. The molecule has 1 aliphatic carbocycles. The van der Waals surface area contributed by atoms with Crippen molar-refractivity contribution in [1.29, 1.82) is 0 Å². The van der Waals surface area contributed by atoms with E-state index in [1.165, 1.54) is 12.8 Å². The number of carbonyl (C=O) groups is 2. The molecule has 1 saturated carbocycles. The van der Waals surface area contributed by atoms with Crippen molar-refractivity contribution in [1.82, 2.24) is 20.0 Å². The standard InChI is InChI=1S/C16H24N4O2/c1-11(2)5-6-17-15(21)13-9-14-16(22)19(10-12-3-4-12)7-8-20(14)18-13/h9,11-12H,3-8,10H2,1-2H3,(H,17,21). The fraction of sp³-hybridized carbons (Fsp3) is 0.688. The minimum Gasteiger partial charge on any atom is -0.351 e. The molecule has 2 heterocycles. The lowest BCUT2D eigenvalue weighted by Crippen LogP contribution is -2.41. The molecule has 0 aromatic carbocycles. The van der Waals surface area contributed by atoms with Crippen molar-refractivity contribution in [2.24, 2.45) is 11.8 Å². The Kier molecular flexibility index (Phi) is 4.18. The molecule has 3 rings (SSSR count). The van der Waals surface area contributed by atoms with Gasteiger partial charge in [-0.2, -0.15) is 5.10 Å². The fourth-order valence-electron chi connectivity index (χ4n) is 2.70. The summed E-state index contributed by atoms with van der Waals surface area (Å²) in [6.45, 7) is 7.09. The van der Waals surface area contributed by atoms with Crippen LogP contribution in [0.3, 0.4) is 0 Å². The second-order valence-electron chi connectivity index (χ2n) is 6.77. The molecule has 0 unspecified atom stereocenters. The molecule has 120 valence electrons. The highest BCUT2D eigenvalue weighted by Gasteiger charge is 2.32. The van der Waals surface area contributed by atoms with Gasteiger partial charge in [0, 0.05) is 25.7 Å². The third-order valence-corrected chi connectivity index (χ3v) is 4.28. The first-order valence-corrected chi connectivity index (χ1v) is 8.20. The van der Waals surface area contributed by atoms with Crippen LogP contribution in [0, 0.1) is 11.8 Å². The van der Waals surface area contributed by atoms with E-state index < -0.39 is 0 Å². The maximum absolute atomic E-state index is 12.5. The summed E-state index contributed by atoms with van der Waals surface area (Å²) in [6, 6.07) is 1.63. The lowest BCUT2D eigenvalue weighted by molar-refractivity contribution is 0.0688. The van der Waals surface area contributed by atoms with Crippen LogP contribution in [0.4, 0.5) is 0 Å². The average Bonchev–Trinajstić information content (AvgIpc) is 3.17. The maximum atomic E-state index is 12.5. The molecule has 1 N–H and O–H groups in total. The molecule has 6 heteroatoms. The Morgan fingerprint density at radius 3 is 2.86 bits per heavy atom. The van der Waals surface area contributed by atoms with Crippen LogP contribution in [0.25, 0.3) is 0 Å². The van der Waals surface area contributed by atoms with E-state index in [1.807, 2.05) is 4.90 Å². The Morgan fingerprint density at radius 2 is 2.18 bits per heavy atom. The maximum Gasteiger partial charge on any atom is 0.272 e. The van der Waals surface area contributed by atoms with Crippen molar-refractivity contribution in [3.8, 4) is 0 Å². The highest BCUT2D eigenvalue weighted by atomic mass is 16.2. The number of amides is 2. The quantitative estimate of drug-likeness (QED) is 0.866. The zero-order valence-electron chi connectivity index (χ0n) is 13.3. The van der Waals surface area contributed by atoms with E-state index in [4.69, 9.17) is 0 Å². The van der Waals surface area contributed by atoms with Gasteiger partial charge in [0.05, 0.1) is 6.54 Å². The molecule has 1 fully saturated rings. The molecule has 0 spiro atoms. The molecular weight excluding hydrogens is 280 g/mol. The van der Waals surface area contributed by atoms with E-state index >= 15 is 0 Å². The summed E-state index contributed by atoms with van der Waals surface area (Å²) in [5.41, 5.74) is 0.890. The Morgan fingerprint density at radius 1 is 1.41 bits per heavy atom. The van der Waals surface area contributed by atoms with Crippen LogP contribution in [0.1, 0.15) is 54.1 Å². The Labute approximate surface area is 130 Å². The Balaban J connectivity index is 1.64. The van der Waals surface area contributed by atoms with Gasteiger partial charge in [-0.3, -0.25) is 14.3 Å². The van der Waals surface area contributed by atoms with Gasteiger partial charge in [0.25, 0.3) is 11.8 Å². The smallest absolute Gasteiger partial charge is 0.272 e. The first-order chi connectivity index (χ1) is 10.5. The first kappa shape index (κ1) is 15.1. The molecule has 0 bridgehead atoms. The molecule has 0 saturated heterocycles. The molecule has 22 heavy (non-hydrogen) atoms. The van der Waals surface area contributed by atoms with Crippen LogP contribution in [0.2, 0.25) is 0 Å². The molecule has 1 aromatic rings. The number of hydrogen-bond acceptors (Lipinski definition) is 3. The summed E-state index contributed by atoms with van der Waals surface area (Å²) in [7, 11) is 0. The van der Waals surface area contributed by atoms with E-state index in [1.54, 1.807) is 10.7 Å². The van der Waals surface area contributed by atoms with Crippen molar-refractivity contribution in [3.05, 3.63) is 17.5 Å². The third kappa shape index (κ3) is 3.31. The van der Waals surface area contributed by atoms with Crippen molar-refractivity contribution >= 4 is 11.8 Å². The molecule has 1 aliphatic heterocycles. The van der Waals surface area contributed by atoms with Crippen LogP contribution < -0.4 is 5.32 Å². The molecule has 2 aliphatic rings. The lowest BCUT2D eigenvalue weighted by atomic mass is 10.1. The number of nitrogens with one attached hydrogen (secondary N) is 1. The molecule has 0 atom stereocenters. The molecular formula is C16H24N4O2. The van der Waals surface area contributed by atoms with Gasteiger partial charge in [-0.05, 0) is 31.1 Å². The summed E-state index contributed by atoms with van der Waals surface area (Å²) >= 11 is 0. The van der Waals surface area contributed by atoms with Gasteiger partial charge >= 0.3 is 0 Å². The normalized spacial score (nSPS) is 17.8. The fourth-order valence-corrected chi connectivity index (χ4v) is 2.70. The predicted octanol–water partition coefficient (Wildman–Crippen LogP) is 1.52. The van der Waals surface area contributed by atoms with E-state index in [2.05, 4.69) is 24.3 Å². The monoisotopic (exact) mass is 304 g/mol. The molecule has 1 aromatic heterocycles. The number of nitrogens with zero attached hydrogens (tertiary/aromatic N) is 3. The average molecular weight is 304 g/mol. The number of hydrogen-bond donors (Lipinski definition) is 1. The van der Waals surface area contributed by atoms with E-state index in [0.29, 0.717) is 42.9 Å². The summed E-state index contributed by atoms with van der Waals surface area (Å²) in [5.74, 6) is 1.04. The SMILES string of the molecule is CC(C)CCNC(=O)c1cc2n(n1)CCN(CC1CC1)C2=O. The number of carbonyl (C=O) groups excluding carboxylic acids is 2. The third-order valence-electron chi connectivity index (χ3n) is 4.28. The number of rotatable bonds is 6. The van der Waals surface area contributed by atoms with Crippen LogP contribution in [0.5, 0.6) is 0 Å². The number of aromatic nitrogens is 2. The van der Waals surface area contributed by atoms with Crippen LogP contribution >= 0.6 is 0 Å². The predicted molar refractivity (Wildman–Crippen MR) is 82.6 cm³/mol. The van der Waals surface area contributed by atoms with E-state index in [-0.39, 0.29) is 11.8 Å². The highest BCUT2D eigenvalue weighted by molar-refractivity contribution is 5.98. The molecule has 6 nitrogen and oxygen atoms in total. The van der Waals surface area contributed by atoms with Crippen molar-refractivity contribution < 1.29 is 9.59 Å². The van der Waals surface area contributed by atoms with Gasteiger partial charge in [0.1, 0.15) is 5.69 Å². The molecule has 2 amide bonds. The van der Waals surface area contributed by atoms with E-state index in [0.717, 1.165) is 13.0 Å². The second kappa shape index (κ2) is 6.10. The Hall–Kier alpha value is -1.85. The zero-order valence-corrected chi connectivity index (χ0v) is 13.3. The topological polar surface area (TPSA) is 67.2 Å². The zero-order chi connectivity index (χ0) is 15.7. The molecule has 0 radical (unpaired) electrons. The van der Waals surface area contributed by atoms with Gasteiger partial charge in [-0.25, -0.2) is 0 Å². The van der Waals surface area contributed by atoms with Crippen molar-refractivity contribution in [2.45, 2.75) is 39.7 Å². The minimum absolute atomic E-state index is 0.00637. The largest absolute Gasteiger partial charge is 0.351 e. The van der Waals surface area contributed by atoms with Crippen molar-refractivity contribution in [3.63, 3.8) is 0 Å². The minimum atomic E-state index is -0.191. The van der Waals surface area contributed by atoms with Gasteiger partial charge in [-0.15, -0.1) is 0 Å². The summed E-state index contributed by atoms with van der Waals surface area (Å²) in [5, 5.41) is 7.15. The summed E-state index contributed by atoms with van der Waals surface area (Å²) in [4.78, 5) is 26.5. The first-order valence-electron chi connectivity index (χ1n) is 8.20. The van der Waals surface area contributed by atoms with Gasteiger partial charge in [0.2, 0.25) is 0 Å². The Bertz CT molecular complexity index is 575. The van der Waals surface area contributed by atoms with E-state index in [9.17, 15) is 9.59 Å². The number of fused-ring (bicyclic) bond motifs is 1. The van der Waals surface area contributed by atoms with Crippen LogP contribution in [-0.2, 0) is 6.54 Å². The van der Waals surface area contributed by atoms with Crippen LogP contribution in [0.15, 0.2) is 6.07 Å². The lowest BCUT2D eigenvalue weighted by Gasteiger charge is -2.27. The van der Waals surface area contributed by atoms with Gasteiger partial charge in [0.15, 0.2) is 5.69 Å². The highest BCUT2D eigenvalue weighted by Crippen LogP contribution is 2.30. The summed E-state index contributed by atoms with van der Waals surface area (Å²) in [6.07, 6.45) is 3.40. The van der Waals surface area contributed by atoms with Gasteiger partial charge in [-0.1, -0.05) is 13.8 Å². The van der Waals surface area contributed by atoms with Gasteiger partial charge < -0.3 is 10.2 Å². The van der Waals surface area contributed by atoms with Crippen molar-refractivity contribution in [2.75, 3.05) is 19.6 Å². The second-order valence-corrected chi connectivity index (χ2v) is 6.77.